The standard InChI is InChI=1S/C9H11NO2S/c1-4-7-10-6(3)8(13-7)9(11)12-5-2/h4H,1,5H2,2-3H3. The number of hydrogen-bond acceptors (Lipinski definition) is 4. The molecule has 0 spiro atoms. The fourth-order valence-electron chi connectivity index (χ4n) is 0.891. The number of esters is 1. The Labute approximate surface area is 81.1 Å². The van der Waals surface area contributed by atoms with Gasteiger partial charge in [0.25, 0.3) is 0 Å². The van der Waals surface area contributed by atoms with E-state index in [2.05, 4.69) is 11.6 Å². The summed E-state index contributed by atoms with van der Waals surface area (Å²) in [6.45, 7) is 7.54. The lowest BCUT2D eigenvalue weighted by atomic mass is 10.4. The number of aromatic nitrogens is 1. The van der Waals surface area contributed by atoms with Gasteiger partial charge in [-0.1, -0.05) is 6.58 Å². The van der Waals surface area contributed by atoms with Crippen LogP contribution in [0.15, 0.2) is 6.58 Å². The molecule has 0 aliphatic carbocycles. The molecule has 0 aromatic carbocycles. The zero-order chi connectivity index (χ0) is 9.84. The monoisotopic (exact) mass is 197 g/mol. The molecule has 0 unspecified atom stereocenters. The SMILES string of the molecule is C=Cc1nc(C)c(C(=O)OCC)s1. The lowest BCUT2D eigenvalue weighted by Crippen LogP contribution is -2.03. The molecule has 0 aliphatic heterocycles. The van der Waals surface area contributed by atoms with Crippen molar-refractivity contribution in [3.8, 4) is 0 Å². The van der Waals surface area contributed by atoms with Crippen molar-refractivity contribution in [2.75, 3.05) is 6.61 Å². The van der Waals surface area contributed by atoms with Crippen molar-refractivity contribution in [1.29, 1.82) is 0 Å². The van der Waals surface area contributed by atoms with Crippen LogP contribution in [0.5, 0.6) is 0 Å². The molecular formula is C9H11NO2S. The molecule has 13 heavy (non-hydrogen) atoms. The number of carbonyl (C=O) groups excluding carboxylic acids is 1. The minimum Gasteiger partial charge on any atom is -0.462 e. The third kappa shape index (κ3) is 2.15. The first-order valence-electron chi connectivity index (χ1n) is 3.96. The maximum Gasteiger partial charge on any atom is 0.350 e. The molecule has 70 valence electrons. The zero-order valence-electron chi connectivity index (χ0n) is 7.66. The third-order valence-electron chi connectivity index (χ3n) is 1.45. The van der Waals surface area contributed by atoms with Crippen molar-refractivity contribution in [2.45, 2.75) is 13.8 Å². The molecule has 0 N–H and O–H groups in total. The van der Waals surface area contributed by atoms with Gasteiger partial charge in [0.15, 0.2) is 0 Å². The second-order valence-electron chi connectivity index (χ2n) is 2.39. The van der Waals surface area contributed by atoms with E-state index in [9.17, 15) is 4.79 Å². The molecule has 1 heterocycles. The Hall–Kier alpha value is -1.16. The Kier molecular flexibility index (Phi) is 3.19. The summed E-state index contributed by atoms with van der Waals surface area (Å²) in [5.74, 6) is -0.300. The van der Waals surface area contributed by atoms with Crippen LogP contribution in [-0.4, -0.2) is 17.6 Å². The summed E-state index contributed by atoms with van der Waals surface area (Å²) in [5.41, 5.74) is 0.707. The Balaban J connectivity index is 2.93. The molecular weight excluding hydrogens is 186 g/mol. The minimum absolute atomic E-state index is 0.300. The first-order chi connectivity index (χ1) is 6.19. The molecule has 1 rings (SSSR count). The van der Waals surface area contributed by atoms with Crippen molar-refractivity contribution in [3.63, 3.8) is 0 Å². The average Bonchev–Trinajstić information content (AvgIpc) is 2.47. The quantitative estimate of drug-likeness (QED) is 0.698. The van der Waals surface area contributed by atoms with Gasteiger partial charge in [-0.25, -0.2) is 9.78 Å². The number of ether oxygens (including phenoxy) is 1. The summed E-state index contributed by atoms with van der Waals surface area (Å²) >= 11 is 1.30. The molecule has 0 bridgehead atoms. The molecule has 0 saturated heterocycles. The van der Waals surface area contributed by atoms with Crippen molar-refractivity contribution in [1.82, 2.24) is 4.98 Å². The molecule has 0 saturated carbocycles. The maximum absolute atomic E-state index is 11.3. The van der Waals surface area contributed by atoms with Gasteiger partial charge in [0.1, 0.15) is 9.88 Å². The van der Waals surface area contributed by atoms with E-state index in [0.717, 1.165) is 5.01 Å². The van der Waals surface area contributed by atoms with Crippen LogP contribution in [0.3, 0.4) is 0 Å². The van der Waals surface area contributed by atoms with Crippen molar-refractivity contribution in [3.05, 3.63) is 22.2 Å². The van der Waals surface area contributed by atoms with Gasteiger partial charge in [-0.3, -0.25) is 0 Å². The summed E-state index contributed by atoms with van der Waals surface area (Å²) in [7, 11) is 0. The van der Waals surface area contributed by atoms with Crippen LogP contribution in [-0.2, 0) is 4.74 Å². The topological polar surface area (TPSA) is 39.2 Å². The van der Waals surface area contributed by atoms with Crippen molar-refractivity contribution >= 4 is 23.4 Å². The van der Waals surface area contributed by atoms with Crippen LogP contribution in [0.1, 0.15) is 27.3 Å². The Bertz CT molecular complexity index is 330. The van der Waals surface area contributed by atoms with E-state index in [-0.39, 0.29) is 5.97 Å². The second kappa shape index (κ2) is 4.18. The summed E-state index contributed by atoms with van der Waals surface area (Å²) in [4.78, 5) is 16.0. The largest absolute Gasteiger partial charge is 0.462 e. The van der Waals surface area contributed by atoms with Crippen LogP contribution in [0.25, 0.3) is 6.08 Å². The molecule has 1 aromatic heterocycles. The van der Waals surface area contributed by atoms with Crippen LogP contribution in [0, 0.1) is 6.92 Å². The first kappa shape index (κ1) is 9.92. The predicted octanol–water partition coefficient (Wildman–Crippen LogP) is 2.27. The number of rotatable bonds is 3. The van der Waals surface area contributed by atoms with E-state index in [0.29, 0.717) is 17.2 Å². The first-order valence-corrected chi connectivity index (χ1v) is 4.77. The van der Waals surface area contributed by atoms with Crippen LogP contribution < -0.4 is 0 Å². The number of thiazole rings is 1. The number of aryl methyl sites for hydroxylation is 1. The van der Waals surface area contributed by atoms with Crippen molar-refractivity contribution < 1.29 is 9.53 Å². The van der Waals surface area contributed by atoms with Gasteiger partial charge in [-0.2, -0.15) is 0 Å². The van der Waals surface area contributed by atoms with E-state index >= 15 is 0 Å². The predicted molar refractivity (Wildman–Crippen MR) is 52.9 cm³/mol. The van der Waals surface area contributed by atoms with E-state index in [1.807, 2.05) is 0 Å². The minimum atomic E-state index is -0.300. The van der Waals surface area contributed by atoms with Gasteiger partial charge in [-0.05, 0) is 19.9 Å². The second-order valence-corrected chi connectivity index (χ2v) is 3.42. The highest BCUT2D eigenvalue weighted by atomic mass is 32.1. The van der Waals surface area contributed by atoms with Crippen LogP contribution in [0.4, 0.5) is 0 Å². The summed E-state index contributed by atoms with van der Waals surface area (Å²) in [6.07, 6.45) is 1.63. The lowest BCUT2D eigenvalue weighted by molar-refractivity contribution is 0.0531. The van der Waals surface area contributed by atoms with Crippen LogP contribution >= 0.6 is 11.3 Å². The third-order valence-corrected chi connectivity index (χ3v) is 2.58. The fraction of sp³-hybridized carbons (Fsp3) is 0.333. The van der Waals surface area contributed by atoms with Crippen molar-refractivity contribution in [2.24, 2.45) is 0 Å². The molecule has 0 fully saturated rings. The number of nitrogens with zero attached hydrogens (tertiary/aromatic N) is 1. The molecule has 3 nitrogen and oxygen atoms in total. The lowest BCUT2D eigenvalue weighted by Gasteiger charge is -1.97. The number of hydrogen-bond donors (Lipinski definition) is 0. The van der Waals surface area contributed by atoms with E-state index in [4.69, 9.17) is 4.74 Å². The van der Waals surface area contributed by atoms with Gasteiger partial charge in [0.05, 0.1) is 12.3 Å². The van der Waals surface area contributed by atoms with Gasteiger partial charge >= 0.3 is 5.97 Å². The van der Waals surface area contributed by atoms with E-state index in [1.54, 1.807) is 19.9 Å². The van der Waals surface area contributed by atoms with E-state index < -0.39 is 0 Å². The maximum atomic E-state index is 11.3. The van der Waals surface area contributed by atoms with Gasteiger partial charge in [0.2, 0.25) is 0 Å². The summed E-state index contributed by atoms with van der Waals surface area (Å²) in [6, 6.07) is 0. The highest BCUT2D eigenvalue weighted by Crippen LogP contribution is 2.19. The average molecular weight is 197 g/mol. The Morgan fingerprint density at radius 1 is 1.77 bits per heavy atom. The molecule has 4 heteroatoms. The molecule has 0 aliphatic rings. The van der Waals surface area contributed by atoms with Gasteiger partial charge < -0.3 is 4.74 Å². The van der Waals surface area contributed by atoms with Crippen LogP contribution in [0.2, 0.25) is 0 Å². The molecule has 0 radical (unpaired) electrons. The van der Waals surface area contributed by atoms with E-state index in [1.165, 1.54) is 11.3 Å². The Morgan fingerprint density at radius 2 is 2.46 bits per heavy atom. The highest BCUT2D eigenvalue weighted by molar-refractivity contribution is 7.14. The fourth-order valence-corrected chi connectivity index (χ4v) is 1.70. The molecule has 0 amide bonds. The Morgan fingerprint density at radius 3 is 2.92 bits per heavy atom. The summed E-state index contributed by atoms with van der Waals surface area (Å²) in [5, 5.41) is 0.751. The highest BCUT2D eigenvalue weighted by Gasteiger charge is 2.14. The summed E-state index contributed by atoms with van der Waals surface area (Å²) < 4.78 is 4.86. The molecule has 1 aromatic rings. The molecule has 0 atom stereocenters. The normalized spacial score (nSPS) is 9.69. The van der Waals surface area contributed by atoms with Gasteiger partial charge in [0, 0.05) is 0 Å². The zero-order valence-corrected chi connectivity index (χ0v) is 8.48. The number of carbonyl (C=O) groups is 1. The smallest absolute Gasteiger partial charge is 0.350 e. The van der Waals surface area contributed by atoms with Gasteiger partial charge in [-0.15, -0.1) is 11.3 Å².